The third kappa shape index (κ3) is 2.24. The highest BCUT2D eigenvalue weighted by atomic mass is 32.1. The number of carbonyl (C=O) groups excluding carboxylic acids is 1. The largest absolute Gasteiger partial charge is 0.337 e. The van der Waals surface area contributed by atoms with Crippen molar-refractivity contribution < 1.29 is 4.79 Å². The molecule has 1 aromatic rings. The number of aryl methyl sites for hydroxylation is 1. The van der Waals surface area contributed by atoms with Crippen molar-refractivity contribution in [3.63, 3.8) is 0 Å². The topological polar surface area (TPSA) is 20.3 Å². The van der Waals surface area contributed by atoms with E-state index in [0.717, 1.165) is 30.8 Å². The summed E-state index contributed by atoms with van der Waals surface area (Å²) in [5.41, 5.74) is 3.33. The van der Waals surface area contributed by atoms with E-state index >= 15 is 0 Å². The van der Waals surface area contributed by atoms with Crippen LogP contribution in [0.4, 0.5) is 0 Å². The smallest absolute Gasteiger partial charge is 0.263 e. The van der Waals surface area contributed by atoms with Gasteiger partial charge in [0.05, 0.1) is 4.88 Å². The van der Waals surface area contributed by atoms with Crippen molar-refractivity contribution in [3.8, 4) is 0 Å². The first-order valence-electron chi connectivity index (χ1n) is 6.79. The van der Waals surface area contributed by atoms with Crippen LogP contribution in [-0.4, -0.2) is 23.9 Å². The first-order valence-corrected chi connectivity index (χ1v) is 7.61. The summed E-state index contributed by atoms with van der Waals surface area (Å²) >= 11 is 1.61. The Morgan fingerprint density at radius 1 is 1.11 bits per heavy atom. The van der Waals surface area contributed by atoms with E-state index in [0.29, 0.717) is 0 Å². The number of piperidine rings is 1. The Bertz CT molecular complexity index is 484. The highest BCUT2D eigenvalue weighted by Gasteiger charge is 2.24. The fraction of sp³-hybridized carbons (Fsp3) is 0.533. The van der Waals surface area contributed by atoms with Crippen molar-refractivity contribution in [2.75, 3.05) is 13.1 Å². The number of carbonyl (C=O) groups is 1. The second-order valence-corrected chi connectivity index (χ2v) is 6.55. The van der Waals surface area contributed by atoms with Gasteiger partial charge < -0.3 is 4.90 Å². The molecular formula is C15H19NOS. The Balaban J connectivity index is 1.64. The van der Waals surface area contributed by atoms with Gasteiger partial charge in [0, 0.05) is 18.0 Å². The second kappa shape index (κ2) is 4.88. The third-order valence-electron chi connectivity index (χ3n) is 4.06. The molecule has 0 N–H and O–H groups in total. The summed E-state index contributed by atoms with van der Waals surface area (Å²) in [6.45, 7) is 3.87. The lowest BCUT2D eigenvalue weighted by Gasteiger charge is -2.31. The Kier molecular flexibility index (Phi) is 3.25. The van der Waals surface area contributed by atoms with Crippen LogP contribution in [0.5, 0.6) is 0 Å². The molecule has 3 rings (SSSR count). The van der Waals surface area contributed by atoms with Gasteiger partial charge in [0.1, 0.15) is 0 Å². The van der Waals surface area contributed by atoms with E-state index in [1.807, 2.05) is 17.0 Å². The van der Waals surface area contributed by atoms with E-state index in [4.69, 9.17) is 0 Å². The van der Waals surface area contributed by atoms with Crippen LogP contribution in [0.15, 0.2) is 23.3 Å². The SMILES string of the molecule is Cc1ccc(C(=O)N2CCC(=C3CCC3)CC2)s1. The van der Waals surface area contributed by atoms with E-state index in [9.17, 15) is 4.79 Å². The number of thiophene rings is 1. The lowest BCUT2D eigenvalue weighted by molar-refractivity contribution is 0.0747. The Labute approximate surface area is 112 Å². The minimum Gasteiger partial charge on any atom is -0.337 e. The number of amides is 1. The van der Waals surface area contributed by atoms with Crippen LogP contribution in [0.1, 0.15) is 46.7 Å². The van der Waals surface area contributed by atoms with Gasteiger partial charge in [-0.15, -0.1) is 11.3 Å². The van der Waals surface area contributed by atoms with Crippen molar-refractivity contribution in [2.45, 2.75) is 39.0 Å². The maximum Gasteiger partial charge on any atom is 0.263 e. The Morgan fingerprint density at radius 3 is 2.28 bits per heavy atom. The molecule has 2 heterocycles. The quantitative estimate of drug-likeness (QED) is 0.705. The summed E-state index contributed by atoms with van der Waals surface area (Å²) in [5, 5.41) is 0. The van der Waals surface area contributed by atoms with Crippen LogP contribution in [0.3, 0.4) is 0 Å². The van der Waals surface area contributed by atoms with Gasteiger partial charge in [0.15, 0.2) is 0 Å². The third-order valence-corrected chi connectivity index (χ3v) is 5.05. The summed E-state index contributed by atoms with van der Waals surface area (Å²) in [4.78, 5) is 16.4. The predicted molar refractivity (Wildman–Crippen MR) is 75.1 cm³/mol. The zero-order valence-electron chi connectivity index (χ0n) is 10.9. The van der Waals surface area contributed by atoms with Crippen LogP contribution < -0.4 is 0 Å². The van der Waals surface area contributed by atoms with Gasteiger partial charge >= 0.3 is 0 Å². The van der Waals surface area contributed by atoms with Gasteiger partial charge in [-0.2, -0.15) is 0 Å². The Hall–Kier alpha value is -1.09. The molecule has 1 saturated carbocycles. The highest BCUT2D eigenvalue weighted by Crippen LogP contribution is 2.33. The molecule has 0 atom stereocenters. The minimum atomic E-state index is 0.228. The molecule has 0 radical (unpaired) electrons. The molecule has 0 bridgehead atoms. The highest BCUT2D eigenvalue weighted by molar-refractivity contribution is 7.13. The zero-order chi connectivity index (χ0) is 12.5. The predicted octanol–water partition coefficient (Wildman–Crippen LogP) is 3.77. The van der Waals surface area contributed by atoms with Crippen LogP contribution in [0.25, 0.3) is 0 Å². The van der Waals surface area contributed by atoms with Gasteiger partial charge in [0.2, 0.25) is 0 Å². The van der Waals surface area contributed by atoms with Gasteiger partial charge in [-0.3, -0.25) is 4.79 Å². The fourth-order valence-corrected chi connectivity index (χ4v) is 3.58. The number of hydrogen-bond donors (Lipinski definition) is 0. The van der Waals surface area contributed by atoms with Crippen LogP contribution >= 0.6 is 11.3 Å². The molecule has 18 heavy (non-hydrogen) atoms. The molecule has 1 aliphatic heterocycles. The maximum absolute atomic E-state index is 12.3. The summed E-state index contributed by atoms with van der Waals surface area (Å²) in [7, 11) is 0. The molecule has 0 spiro atoms. The molecule has 1 saturated heterocycles. The van der Waals surface area contributed by atoms with E-state index in [-0.39, 0.29) is 5.91 Å². The average molecular weight is 261 g/mol. The Morgan fingerprint density at radius 2 is 1.78 bits per heavy atom. The molecule has 2 nitrogen and oxygen atoms in total. The van der Waals surface area contributed by atoms with Crippen LogP contribution in [0, 0.1) is 6.92 Å². The summed E-state index contributed by atoms with van der Waals surface area (Å²) in [5.74, 6) is 0.228. The zero-order valence-corrected chi connectivity index (χ0v) is 11.7. The van der Waals surface area contributed by atoms with Crippen molar-refractivity contribution in [3.05, 3.63) is 33.0 Å². The van der Waals surface area contributed by atoms with Crippen LogP contribution in [-0.2, 0) is 0 Å². The molecule has 1 aromatic heterocycles. The molecule has 0 aromatic carbocycles. The number of allylic oxidation sites excluding steroid dienone is 1. The standard InChI is InChI=1S/C15H19NOS/c1-11-5-6-14(18-11)15(17)16-9-7-13(8-10-16)12-3-2-4-12/h5-6H,2-4,7-10H2,1H3. The van der Waals surface area contributed by atoms with Gasteiger partial charge in [-0.25, -0.2) is 0 Å². The lowest BCUT2D eigenvalue weighted by Crippen LogP contribution is -2.36. The molecule has 96 valence electrons. The summed E-state index contributed by atoms with van der Waals surface area (Å²) in [6, 6.07) is 3.99. The van der Waals surface area contributed by atoms with Crippen LogP contribution in [0.2, 0.25) is 0 Å². The first kappa shape index (κ1) is 12.0. The number of hydrogen-bond acceptors (Lipinski definition) is 2. The fourth-order valence-electron chi connectivity index (χ4n) is 2.75. The van der Waals surface area contributed by atoms with Crippen molar-refractivity contribution in [1.29, 1.82) is 0 Å². The van der Waals surface area contributed by atoms with Gasteiger partial charge in [0.25, 0.3) is 5.91 Å². The van der Waals surface area contributed by atoms with Crippen molar-refractivity contribution in [2.24, 2.45) is 0 Å². The monoisotopic (exact) mass is 261 g/mol. The lowest BCUT2D eigenvalue weighted by atomic mass is 9.84. The van der Waals surface area contributed by atoms with E-state index in [1.54, 1.807) is 22.5 Å². The van der Waals surface area contributed by atoms with E-state index < -0.39 is 0 Å². The molecule has 2 aliphatic rings. The van der Waals surface area contributed by atoms with Gasteiger partial charge in [-0.1, -0.05) is 11.1 Å². The maximum atomic E-state index is 12.3. The number of likely N-dealkylation sites (tertiary alicyclic amines) is 1. The number of nitrogens with zero attached hydrogens (tertiary/aromatic N) is 1. The summed E-state index contributed by atoms with van der Waals surface area (Å²) in [6.07, 6.45) is 6.20. The number of rotatable bonds is 1. The molecule has 1 amide bonds. The average Bonchev–Trinajstić information content (AvgIpc) is 2.74. The van der Waals surface area contributed by atoms with Crippen molar-refractivity contribution in [1.82, 2.24) is 4.90 Å². The van der Waals surface area contributed by atoms with Crippen molar-refractivity contribution >= 4 is 17.2 Å². The minimum absolute atomic E-state index is 0.228. The van der Waals surface area contributed by atoms with Gasteiger partial charge in [-0.05, 0) is 51.2 Å². The normalized spacial score (nSPS) is 19.9. The second-order valence-electron chi connectivity index (χ2n) is 5.26. The van der Waals surface area contributed by atoms with E-state index in [2.05, 4.69) is 6.92 Å². The molecule has 1 aliphatic carbocycles. The van der Waals surface area contributed by atoms with E-state index in [1.165, 1.54) is 24.1 Å². The summed E-state index contributed by atoms with van der Waals surface area (Å²) < 4.78 is 0. The molecule has 3 heteroatoms. The molecule has 0 unspecified atom stereocenters. The first-order chi connectivity index (χ1) is 8.74. The molecule has 2 fully saturated rings. The molecular weight excluding hydrogens is 242 g/mol.